The third kappa shape index (κ3) is 8.22. The number of carbonyl (C=O) groups is 2. The smallest absolute Gasteiger partial charge is 0.239 e. The van der Waals surface area contributed by atoms with Crippen molar-refractivity contribution in [1.29, 1.82) is 0 Å². The number of aryl methyl sites for hydroxylation is 2. The molecule has 1 aromatic carbocycles. The number of nitrogens with one attached hydrogen (secondary N) is 1. The summed E-state index contributed by atoms with van der Waals surface area (Å²) in [5.41, 5.74) is 3.30. The van der Waals surface area contributed by atoms with E-state index in [1.807, 2.05) is 46.7 Å². The Kier molecular flexibility index (Phi) is 12.4. The molecule has 244 valence electrons. The van der Waals surface area contributed by atoms with Gasteiger partial charge in [0.05, 0.1) is 50.9 Å². The summed E-state index contributed by atoms with van der Waals surface area (Å²) in [7, 11) is 1.62. The maximum Gasteiger partial charge on any atom is 0.239 e. The van der Waals surface area contributed by atoms with E-state index < -0.39 is 11.3 Å². The Bertz CT molecular complexity index is 1360. The molecule has 3 saturated heterocycles. The van der Waals surface area contributed by atoms with Crippen molar-refractivity contribution in [2.24, 2.45) is 0 Å². The number of H-pyrrole nitrogens is 1. The Balaban J connectivity index is 0.000000395. The summed E-state index contributed by atoms with van der Waals surface area (Å²) < 4.78 is 18.0. The number of rotatable bonds is 6. The number of carbonyl (C=O) groups excluding carboxylic acids is 2. The molecule has 3 aliphatic rings. The van der Waals surface area contributed by atoms with Crippen LogP contribution in [0.4, 0.5) is 0 Å². The predicted molar refractivity (Wildman–Crippen MR) is 172 cm³/mol. The van der Waals surface area contributed by atoms with Crippen LogP contribution in [0.3, 0.4) is 0 Å². The van der Waals surface area contributed by atoms with Crippen LogP contribution in [0, 0.1) is 13.8 Å². The number of hydrogen-bond acceptors (Lipinski definition) is 7. The van der Waals surface area contributed by atoms with Crippen LogP contribution in [0.1, 0.15) is 52.0 Å². The molecule has 3 N–H and O–H groups in total. The zero-order chi connectivity index (χ0) is 31.0. The maximum atomic E-state index is 13.0. The van der Waals surface area contributed by atoms with E-state index in [1.54, 1.807) is 20.2 Å². The number of pyridine rings is 1. The fourth-order valence-corrected chi connectivity index (χ4v) is 6.15. The van der Waals surface area contributed by atoms with Crippen molar-refractivity contribution in [2.45, 2.75) is 65.4 Å². The van der Waals surface area contributed by atoms with Crippen LogP contribution in [0.25, 0.3) is 10.9 Å². The highest BCUT2D eigenvalue weighted by Crippen LogP contribution is 2.43. The summed E-state index contributed by atoms with van der Waals surface area (Å²) in [4.78, 5) is 38.0. The number of piperazine rings is 1. The second-order valence-corrected chi connectivity index (χ2v) is 11.5. The van der Waals surface area contributed by atoms with Gasteiger partial charge in [0.1, 0.15) is 0 Å². The number of aromatic amines is 1. The van der Waals surface area contributed by atoms with Gasteiger partial charge in [0.25, 0.3) is 0 Å². The van der Waals surface area contributed by atoms with Crippen molar-refractivity contribution in [3.63, 3.8) is 0 Å². The van der Waals surface area contributed by atoms with Crippen LogP contribution in [-0.2, 0) is 30.4 Å². The molecule has 0 bridgehead atoms. The molecule has 2 amide bonds. The van der Waals surface area contributed by atoms with Crippen molar-refractivity contribution < 1.29 is 30.7 Å². The molecule has 0 radical (unpaired) electrons. The molecule has 6 rings (SSSR count). The topological polar surface area (TPSA) is 132 Å². The van der Waals surface area contributed by atoms with Gasteiger partial charge in [-0.1, -0.05) is 31.5 Å². The molecule has 3 aromatic rings. The molecular formula is C33H51N5O6. The van der Waals surface area contributed by atoms with Gasteiger partial charge in [-0.05, 0) is 62.4 Å². The number of amides is 2. The van der Waals surface area contributed by atoms with Crippen LogP contribution < -0.4 is 0 Å². The summed E-state index contributed by atoms with van der Waals surface area (Å²) in [5.74, 6) is 0.0990. The number of aromatic nitrogens is 2. The Morgan fingerprint density at radius 3 is 2.52 bits per heavy atom. The molecule has 0 aliphatic carbocycles. The fraction of sp³-hybridized carbons (Fsp3) is 0.545. The van der Waals surface area contributed by atoms with Crippen molar-refractivity contribution >= 4 is 22.7 Å². The van der Waals surface area contributed by atoms with Crippen LogP contribution in [0.5, 0.6) is 0 Å². The van der Waals surface area contributed by atoms with E-state index in [9.17, 15) is 9.59 Å². The third-order valence-electron chi connectivity index (χ3n) is 8.12. The molecule has 11 heteroatoms. The summed E-state index contributed by atoms with van der Waals surface area (Å²) in [6.45, 7) is 13.4. The zero-order valence-corrected chi connectivity index (χ0v) is 27.0. The summed E-state index contributed by atoms with van der Waals surface area (Å²) in [5, 5.41) is 1.31. The third-order valence-corrected chi connectivity index (χ3v) is 8.12. The minimum Gasteiger partial charge on any atom is -0.412 e. The van der Waals surface area contributed by atoms with E-state index in [2.05, 4.69) is 48.1 Å². The van der Waals surface area contributed by atoms with Gasteiger partial charge < -0.3 is 34.5 Å². The minimum atomic E-state index is -0.860. The number of benzene rings is 1. The maximum absolute atomic E-state index is 13.0. The number of likely N-dealkylation sites (tertiary alicyclic amines) is 1. The second kappa shape index (κ2) is 15.6. The largest absolute Gasteiger partial charge is 0.412 e. The Morgan fingerprint density at radius 1 is 1.11 bits per heavy atom. The highest BCUT2D eigenvalue weighted by atomic mass is 16.6. The van der Waals surface area contributed by atoms with Gasteiger partial charge in [0, 0.05) is 46.0 Å². The van der Waals surface area contributed by atoms with Crippen molar-refractivity contribution in [1.82, 2.24) is 24.7 Å². The molecule has 3 fully saturated rings. The molecule has 11 nitrogen and oxygen atoms in total. The van der Waals surface area contributed by atoms with Crippen LogP contribution in [-0.4, -0.2) is 106 Å². The highest BCUT2D eigenvalue weighted by molar-refractivity contribution is 5.81. The van der Waals surface area contributed by atoms with Gasteiger partial charge >= 0.3 is 0 Å². The first-order chi connectivity index (χ1) is 20.7. The predicted octanol–water partition coefficient (Wildman–Crippen LogP) is 3.69. The van der Waals surface area contributed by atoms with E-state index >= 15 is 0 Å². The van der Waals surface area contributed by atoms with Crippen LogP contribution in [0.2, 0.25) is 0 Å². The van der Waals surface area contributed by atoms with Gasteiger partial charge in [-0.15, -0.1) is 0 Å². The molecule has 5 heterocycles. The van der Waals surface area contributed by atoms with Gasteiger partial charge in [0.2, 0.25) is 11.8 Å². The average molecular weight is 614 g/mol. The molecule has 3 aliphatic heterocycles. The number of nitrogens with zero attached hydrogens (tertiary/aromatic N) is 4. The molecule has 44 heavy (non-hydrogen) atoms. The molecule has 2 aromatic heterocycles. The molecule has 1 atom stereocenters. The summed E-state index contributed by atoms with van der Waals surface area (Å²) in [6.07, 6.45) is 3.16. The fourth-order valence-electron chi connectivity index (χ4n) is 6.15. The Morgan fingerprint density at radius 2 is 1.86 bits per heavy atom. The van der Waals surface area contributed by atoms with Gasteiger partial charge in [-0.3, -0.25) is 19.5 Å². The lowest BCUT2D eigenvalue weighted by atomic mass is 9.91. The lowest BCUT2D eigenvalue weighted by molar-refractivity contribution is -0.213. The minimum absolute atomic E-state index is 0. The lowest BCUT2D eigenvalue weighted by Crippen LogP contribution is -2.64. The van der Waals surface area contributed by atoms with Crippen LogP contribution >= 0.6 is 0 Å². The van der Waals surface area contributed by atoms with E-state index in [0.717, 1.165) is 5.69 Å². The first-order valence-corrected chi connectivity index (χ1v) is 15.2. The SMILES string of the molecule is CC.COCN1CC(=O)N2CC3(CCN(C(C)=O)CC3)OC2(COCc2ccccn2)C1.Cc1ccc2[nH]c(C)cc2c1.O.[HH]. The first-order valence-electron chi connectivity index (χ1n) is 15.2. The van der Waals surface area contributed by atoms with Crippen molar-refractivity contribution in [2.75, 3.05) is 53.2 Å². The van der Waals surface area contributed by atoms with E-state index in [1.165, 1.54) is 22.2 Å². The van der Waals surface area contributed by atoms with Crippen molar-refractivity contribution in [3.8, 4) is 0 Å². The standard InChI is InChI=1S/C21H30N4O5.C10H11N.C2H6.H2O.H2/c1-17(26)24-9-6-20(7-10-24)13-25-19(27)11-23(16-28-2)14-21(25,30-20)15-29-12-18-5-3-4-8-22-18;1-7-3-4-10-9(5-7)6-8(2)11-10;1-2;;/h3-5,8H,6-7,9-16H2,1-2H3;3-6,11H,1-2H3;1-2H3;1H2;1H. The van der Waals surface area contributed by atoms with Gasteiger partial charge in [0.15, 0.2) is 5.72 Å². The highest BCUT2D eigenvalue weighted by Gasteiger charge is 2.59. The van der Waals surface area contributed by atoms with E-state index in [-0.39, 0.29) is 25.3 Å². The zero-order valence-electron chi connectivity index (χ0n) is 27.0. The van der Waals surface area contributed by atoms with Crippen LogP contribution in [0.15, 0.2) is 48.7 Å². The van der Waals surface area contributed by atoms with Gasteiger partial charge in [-0.2, -0.15) is 0 Å². The van der Waals surface area contributed by atoms with Crippen molar-refractivity contribution in [3.05, 3.63) is 65.6 Å². The molecule has 0 saturated carbocycles. The Labute approximate surface area is 262 Å². The summed E-state index contributed by atoms with van der Waals surface area (Å²) >= 11 is 0. The quantitative estimate of drug-likeness (QED) is 0.449. The number of ether oxygens (including phenoxy) is 3. The normalized spacial score (nSPS) is 20.7. The molecule has 1 unspecified atom stereocenters. The number of fused-ring (bicyclic) bond motifs is 2. The Hall–Kier alpha value is -3.35. The molecule has 1 spiro atoms. The molecular weight excluding hydrogens is 562 g/mol. The monoisotopic (exact) mass is 613 g/mol. The number of methoxy groups -OCH3 is 1. The first kappa shape index (κ1) is 35.1. The lowest BCUT2D eigenvalue weighted by Gasteiger charge is -2.45. The average Bonchev–Trinajstić information content (AvgIpc) is 3.52. The van der Waals surface area contributed by atoms with E-state index in [0.29, 0.717) is 58.9 Å². The van der Waals surface area contributed by atoms with E-state index in [4.69, 9.17) is 14.2 Å². The number of piperidine rings is 1. The summed E-state index contributed by atoms with van der Waals surface area (Å²) in [6, 6.07) is 14.3. The second-order valence-electron chi connectivity index (χ2n) is 11.5. The number of hydrogen-bond donors (Lipinski definition) is 1. The van der Waals surface area contributed by atoms with Gasteiger partial charge in [-0.25, -0.2) is 0 Å².